The van der Waals surface area contributed by atoms with Crippen LogP contribution in [0.15, 0.2) is 54.6 Å². The van der Waals surface area contributed by atoms with E-state index in [4.69, 9.17) is 14.2 Å². The van der Waals surface area contributed by atoms with Crippen LogP contribution in [0.5, 0.6) is 0 Å². The number of ether oxygens (including phenoxy) is 3. The number of rotatable bonds is 34. The van der Waals surface area contributed by atoms with Crippen LogP contribution in [-0.2, 0) is 54.4 Å². The molecule has 2 aromatic rings. The fourth-order valence-electron chi connectivity index (χ4n) is 11.4. The first-order chi connectivity index (χ1) is 37.5. The fraction of sp³-hybridized carbons (Fsp3) is 0.672. The van der Waals surface area contributed by atoms with Crippen LogP contribution in [-0.4, -0.2) is 162 Å². The monoisotopic (exact) mass is 1120 g/mol. The zero-order chi connectivity index (χ0) is 58.7. The van der Waals surface area contributed by atoms with Gasteiger partial charge in [-0.3, -0.25) is 38.5 Å². The Hall–Kier alpha value is -5.17. The molecule has 0 aliphatic carbocycles. The van der Waals surface area contributed by atoms with Crippen LogP contribution in [0.25, 0.3) is 0 Å². The summed E-state index contributed by atoms with van der Waals surface area (Å²) < 4.78 is 17.8. The number of anilines is 1. The van der Waals surface area contributed by atoms with E-state index < -0.39 is 48.3 Å². The summed E-state index contributed by atoms with van der Waals surface area (Å²) in [5, 5.41) is 13.8. The van der Waals surface area contributed by atoms with Crippen molar-refractivity contribution < 1.29 is 57.7 Å². The molecule has 2 N–H and O–H groups in total. The highest BCUT2D eigenvalue weighted by molar-refractivity contribution is 8.00. The second kappa shape index (κ2) is 32.3. The topological polar surface area (TPSA) is 209 Å². The van der Waals surface area contributed by atoms with Gasteiger partial charge in [-0.05, 0) is 78.9 Å². The molecule has 0 spiro atoms. The van der Waals surface area contributed by atoms with Crippen LogP contribution in [0, 0.1) is 35.5 Å². The molecule has 2 fully saturated rings. The molecule has 18 heteroatoms. The minimum absolute atomic E-state index is 0.0216. The Morgan fingerprint density at radius 2 is 1.48 bits per heavy atom. The van der Waals surface area contributed by atoms with Gasteiger partial charge in [0, 0.05) is 84.6 Å². The number of thioether (sulfide) groups is 1. The fourth-order valence-corrected chi connectivity index (χ4v) is 12.0. The van der Waals surface area contributed by atoms with Crippen molar-refractivity contribution in [3.63, 3.8) is 0 Å². The van der Waals surface area contributed by atoms with Gasteiger partial charge in [0.05, 0.1) is 54.7 Å². The maximum Gasteiger partial charge on any atom is 0.410 e. The molecule has 2 aliphatic rings. The van der Waals surface area contributed by atoms with Gasteiger partial charge >= 0.3 is 6.09 Å². The molecule has 0 bridgehead atoms. The Labute approximate surface area is 474 Å². The molecule has 2 aromatic carbocycles. The highest BCUT2D eigenvalue weighted by Crippen LogP contribution is 2.33. The highest BCUT2D eigenvalue weighted by atomic mass is 32.2. The van der Waals surface area contributed by atoms with Gasteiger partial charge in [0.25, 0.3) is 0 Å². The number of aliphatic hydroxyl groups excluding tert-OH is 1. The summed E-state index contributed by atoms with van der Waals surface area (Å²) in [6.45, 7) is 16.2. The maximum atomic E-state index is 14.8. The molecule has 2 aliphatic heterocycles. The van der Waals surface area contributed by atoms with E-state index in [1.54, 1.807) is 55.3 Å². The van der Waals surface area contributed by atoms with Crippen LogP contribution in [0.2, 0.25) is 0 Å². The van der Waals surface area contributed by atoms with Crippen molar-refractivity contribution in [2.75, 3.05) is 59.5 Å². The quantitative estimate of drug-likeness (QED) is 0.0496. The molecule has 440 valence electrons. The van der Waals surface area contributed by atoms with E-state index in [0.717, 1.165) is 24.1 Å². The van der Waals surface area contributed by atoms with E-state index in [1.807, 2.05) is 92.0 Å². The number of Topliss-reactive ketones (excluding diaryl/α,β-unsaturated/α-hetero) is 3. The van der Waals surface area contributed by atoms with Crippen LogP contribution in [0.3, 0.4) is 0 Å². The van der Waals surface area contributed by atoms with E-state index >= 15 is 0 Å². The number of nitrogens with zero attached hydrogens (tertiary/aromatic N) is 4. The number of unbranched alkanes of at least 4 members (excludes halogenated alkanes) is 2. The van der Waals surface area contributed by atoms with E-state index in [1.165, 1.54) is 28.6 Å². The normalized spacial score (nSPS) is 19.1. The zero-order valence-corrected chi connectivity index (χ0v) is 50.3. The van der Waals surface area contributed by atoms with Crippen molar-refractivity contribution in [1.29, 1.82) is 0 Å². The van der Waals surface area contributed by atoms with E-state index in [0.29, 0.717) is 50.8 Å². The van der Waals surface area contributed by atoms with Crippen LogP contribution < -0.4 is 5.32 Å². The molecule has 5 amide bonds. The Bertz CT molecular complexity index is 2320. The Balaban J connectivity index is 1.32. The third-order valence-electron chi connectivity index (χ3n) is 16.4. The molecule has 2 heterocycles. The number of likely N-dealkylation sites (N-methyl/N-ethyl adjacent to an activating group) is 2. The van der Waals surface area contributed by atoms with Gasteiger partial charge in [-0.2, -0.15) is 11.8 Å². The number of carbonyl (C=O) groups excluding carboxylic acids is 8. The molecule has 0 saturated carbocycles. The van der Waals surface area contributed by atoms with Gasteiger partial charge in [-0.25, -0.2) is 4.79 Å². The van der Waals surface area contributed by atoms with E-state index in [2.05, 4.69) is 5.32 Å². The molecule has 0 radical (unpaired) electrons. The lowest BCUT2D eigenvalue weighted by atomic mass is 9.83. The van der Waals surface area contributed by atoms with Gasteiger partial charge < -0.3 is 39.3 Å². The van der Waals surface area contributed by atoms with Crippen molar-refractivity contribution in [3.8, 4) is 0 Å². The van der Waals surface area contributed by atoms with Crippen molar-refractivity contribution in [1.82, 2.24) is 19.6 Å². The smallest absolute Gasteiger partial charge is 0.410 e. The molecule has 11 atom stereocenters. The summed E-state index contributed by atoms with van der Waals surface area (Å²) in [5.74, 6) is -3.25. The average Bonchev–Trinajstić information content (AvgIpc) is 4.04. The first-order valence-electron chi connectivity index (χ1n) is 28.5. The van der Waals surface area contributed by atoms with Gasteiger partial charge in [0.1, 0.15) is 12.4 Å². The summed E-state index contributed by atoms with van der Waals surface area (Å²) in [7, 11) is 6.34. The van der Waals surface area contributed by atoms with E-state index in [-0.39, 0.29) is 115 Å². The number of carbonyl (C=O) groups is 8. The number of amides is 5. The number of ketones is 3. The summed E-state index contributed by atoms with van der Waals surface area (Å²) in [6.07, 6.45) is 3.81. The van der Waals surface area contributed by atoms with Crippen molar-refractivity contribution >= 4 is 64.5 Å². The molecule has 4 rings (SSSR count). The van der Waals surface area contributed by atoms with Crippen LogP contribution in [0.4, 0.5) is 10.5 Å². The number of methoxy groups -OCH3 is 2. The van der Waals surface area contributed by atoms with Gasteiger partial charge in [-0.1, -0.05) is 111 Å². The molecule has 2 unspecified atom stereocenters. The lowest BCUT2D eigenvalue weighted by molar-refractivity contribution is -0.149. The SMILES string of the molecule is CC[C@H](C)[C@@H]([C@@H](CC(=O)N1CCC[C@H]1C(OC)[C@@H](C)C(=O)C[C@H](C)[C@@H](O)c1ccccc1)OC)N(C)C(=O)[C@@H](CC(=O)[C@H](C(C)C)N(C)C(=O)OCc1ccc(NCC(=O)CCCCCN2C(=O)CC(SC)C2=O)cc1)C(C)C. The molecule has 0 aromatic heterocycles. The predicted molar refractivity (Wildman–Crippen MR) is 308 cm³/mol. The number of benzene rings is 2. The first-order valence-corrected chi connectivity index (χ1v) is 29.8. The largest absolute Gasteiger partial charge is 0.445 e. The molecule has 2 saturated heterocycles. The number of hydrogen-bond acceptors (Lipinski definition) is 14. The Morgan fingerprint density at radius 1 is 0.810 bits per heavy atom. The Morgan fingerprint density at radius 3 is 2.06 bits per heavy atom. The third kappa shape index (κ3) is 18.4. The van der Waals surface area contributed by atoms with Gasteiger partial charge in [0.15, 0.2) is 11.6 Å². The van der Waals surface area contributed by atoms with E-state index in [9.17, 15) is 43.5 Å². The molecular formula is C61H93N5O12S. The number of hydrogen-bond donors (Lipinski definition) is 2. The number of nitrogens with one attached hydrogen (secondary N) is 1. The minimum atomic E-state index is -0.886. The summed E-state index contributed by atoms with van der Waals surface area (Å²) in [4.78, 5) is 114. The third-order valence-corrected chi connectivity index (χ3v) is 17.3. The average molecular weight is 1120 g/mol. The Kier molecular flexibility index (Phi) is 27.1. The maximum absolute atomic E-state index is 14.8. The second-order valence-electron chi connectivity index (χ2n) is 22.7. The van der Waals surface area contributed by atoms with Crippen LogP contribution >= 0.6 is 11.8 Å². The lowest BCUT2D eigenvalue weighted by Gasteiger charge is -2.41. The number of imide groups is 1. The summed E-state index contributed by atoms with van der Waals surface area (Å²) in [5.41, 5.74) is 2.17. The summed E-state index contributed by atoms with van der Waals surface area (Å²) >= 11 is 1.40. The predicted octanol–water partition coefficient (Wildman–Crippen LogP) is 8.79. The van der Waals surface area contributed by atoms with Gasteiger partial charge in [0.2, 0.25) is 23.6 Å². The number of aliphatic hydroxyl groups is 1. The standard InChI is InChI=1S/C61H93N5O12S/c1-14-40(6)56(51(76-11)34-53(70)65-31-21-25-48(65)58(77-12)42(8)49(68)32-41(7)57(72)44-22-17-15-18-23-44)63(9)59(73)47(38(2)3)33-50(69)55(39(4)5)64(10)61(75)78-37-43-26-28-45(29-27-43)62-36-46(67)24-19-16-20-30-66-54(71)35-52(79-13)60(66)74/h15,17-18,22-23,26-29,38-42,47-48,51-52,55-58,62,72H,14,16,19-21,24-25,30-37H2,1-13H3/t40-,41-,42-,47-,48-,51+,52?,55-,56-,57+,58?/m0/s1. The van der Waals surface area contributed by atoms with Gasteiger partial charge in [-0.15, -0.1) is 0 Å². The molecule has 79 heavy (non-hydrogen) atoms. The van der Waals surface area contributed by atoms with Crippen molar-refractivity contribution in [2.45, 2.75) is 174 Å². The zero-order valence-electron chi connectivity index (χ0n) is 49.4. The van der Waals surface area contributed by atoms with Crippen molar-refractivity contribution in [3.05, 3.63) is 65.7 Å². The van der Waals surface area contributed by atoms with Crippen molar-refractivity contribution in [2.24, 2.45) is 35.5 Å². The highest BCUT2D eigenvalue weighted by Gasteiger charge is 2.44. The minimum Gasteiger partial charge on any atom is -0.445 e. The second-order valence-corrected chi connectivity index (χ2v) is 23.7. The van der Waals surface area contributed by atoms with Crippen LogP contribution in [0.1, 0.15) is 143 Å². The number of likely N-dealkylation sites (tertiary alicyclic amines) is 2. The molecular weight excluding hydrogens is 1030 g/mol. The molecule has 17 nitrogen and oxygen atoms in total. The summed E-state index contributed by atoms with van der Waals surface area (Å²) in [6, 6.07) is 14.7. The lowest BCUT2D eigenvalue weighted by Crippen LogP contribution is -2.54. The first kappa shape index (κ1) is 66.3.